The summed E-state index contributed by atoms with van der Waals surface area (Å²) in [6.07, 6.45) is 0. The number of benzene rings is 2. The number of fused-ring (bicyclic) bond motifs is 1. The topological polar surface area (TPSA) is 60.2 Å². The van der Waals surface area contributed by atoms with E-state index in [0.717, 1.165) is 5.56 Å². The van der Waals surface area contributed by atoms with Gasteiger partial charge in [-0.15, -0.1) is 0 Å². The van der Waals surface area contributed by atoms with Crippen molar-refractivity contribution in [2.45, 2.75) is 24.0 Å². The second-order valence-corrected chi connectivity index (χ2v) is 7.21. The van der Waals surface area contributed by atoms with Crippen LogP contribution < -0.4 is 0 Å². The van der Waals surface area contributed by atoms with E-state index < -0.39 is 15.1 Å². The molecule has 0 aliphatic rings. The Morgan fingerprint density at radius 2 is 1.71 bits per heavy atom. The Kier molecular flexibility index (Phi) is 3.29. The van der Waals surface area contributed by atoms with E-state index in [4.69, 9.17) is 4.42 Å². The maximum atomic E-state index is 12.7. The molecular formula is C16H15NO3S. The maximum absolute atomic E-state index is 12.7. The number of aromatic nitrogens is 1. The molecule has 0 aliphatic heterocycles. The molecule has 0 fully saturated rings. The number of sulfone groups is 1. The molecular weight excluding hydrogens is 286 g/mol. The molecule has 0 bridgehead atoms. The van der Waals surface area contributed by atoms with Crippen LogP contribution in [-0.4, -0.2) is 13.4 Å². The van der Waals surface area contributed by atoms with E-state index in [1.165, 1.54) is 0 Å². The fourth-order valence-corrected chi connectivity index (χ4v) is 3.79. The Balaban J connectivity index is 2.08. The number of hydrogen-bond donors (Lipinski definition) is 0. The Labute approximate surface area is 123 Å². The lowest BCUT2D eigenvalue weighted by atomic mass is 10.2. The monoisotopic (exact) mass is 301 g/mol. The van der Waals surface area contributed by atoms with Gasteiger partial charge in [0.05, 0.1) is 4.90 Å². The van der Waals surface area contributed by atoms with Gasteiger partial charge in [-0.25, -0.2) is 13.4 Å². The number of nitrogens with zero attached hydrogens (tertiary/aromatic N) is 1. The summed E-state index contributed by atoms with van der Waals surface area (Å²) in [6, 6.07) is 14.2. The van der Waals surface area contributed by atoms with Crippen molar-refractivity contribution in [3.8, 4) is 0 Å². The molecule has 3 rings (SSSR count). The summed E-state index contributed by atoms with van der Waals surface area (Å²) in [4.78, 5) is 4.61. The molecule has 0 aliphatic carbocycles. The van der Waals surface area contributed by atoms with Crippen LogP contribution in [0.15, 0.2) is 57.8 Å². The summed E-state index contributed by atoms with van der Waals surface area (Å²) in [5.41, 5.74) is 1.99. The maximum Gasteiger partial charge on any atom is 0.213 e. The lowest BCUT2D eigenvalue weighted by Crippen LogP contribution is -2.12. The summed E-state index contributed by atoms with van der Waals surface area (Å²) in [7, 11) is -3.53. The van der Waals surface area contributed by atoms with Crippen LogP contribution >= 0.6 is 0 Å². The minimum absolute atomic E-state index is 0.222. The Morgan fingerprint density at radius 1 is 1.05 bits per heavy atom. The predicted octanol–water partition coefficient (Wildman–Crippen LogP) is 3.67. The quantitative estimate of drug-likeness (QED) is 0.740. The highest BCUT2D eigenvalue weighted by Crippen LogP contribution is 2.31. The number of aryl methyl sites for hydroxylation is 1. The van der Waals surface area contributed by atoms with E-state index in [1.54, 1.807) is 44.2 Å². The number of oxazole rings is 1. The van der Waals surface area contributed by atoms with Gasteiger partial charge in [0, 0.05) is 0 Å². The number of rotatable bonds is 3. The van der Waals surface area contributed by atoms with E-state index in [-0.39, 0.29) is 5.89 Å². The van der Waals surface area contributed by atoms with Gasteiger partial charge in [0.25, 0.3) is 0 Å². The van der Waals surface area contributed by atoms with Gasteiger partial charge in [-0.05, 0) is 37.6 Å². The van der Waals surface area contributed by atoms with Crippen LogP contribution in [0.25, 0.3) is 11.1 Å². The Hall–Kier alpha value is -2.14. The lowest BCUT2D eigenvalue weighted by molar-refractivity contribution is 0.513. The zero-order valence-corrected chi connectivity index (χ0v) is 12.6. The highest BCUT2D eigenvalue weighted by atomic mass is 32.2. The standard InChI is InChI=1S/C16H15NO3S/c1-11-7-3-6-10-15(11)21(18,19)12(2)16-17-13-8-4-5-9-14(13)20-16/h3-10,12H,1-2H3. The first-order chi connectivity index (χ1) is 10.00. The minimum atomic E-state index is -3.53. The molecule has 2 aromatic carbocycles. The number of para-hydroxylation sites is 2. The van der Waals surface area contributed by atoms with Crippen molar-refractivity contribution >= 4 is 20.9 Å². The average molecular weight is 301 g/mol. The predicted molar refractivity (Wildman–Crippen MR) is 80.8 cm³/mol. The van der Waals surface area contributed by atoms with Crippen molar-refractivity contribution in [1.82, 2.24) is 4.98 Å². The number of hydrogen-bond acceptors (Lipinski definition) is 4. The first kappa shape index (κ1) is 13.8. The minimum Gasteiger partial charge on any atom is -0.439 e. The molecule has 0 spiro atoms. The third kappa shape index (κ3) is 2.34. The van der Waals surface area contributed by atoms with Crippen molar-refractivity contribution < 1.29 is 12.8 Å². The van der Waals surface area contributed by atoms with Crippen molar-refractivity contribution in [1.29, 1.82) is 0 Å². The molecule has 3 aromatic rings. The van der Waals surface area contributed by atoms with Gasteiger partial charge in [-0.1, -0.05) is 30.3 Å². The lowest BCUT2D eigenvalue weighted by Gasteiger charge is -2.11. The molecule has 0 N–H and O–H groups in total. The molecule has 1 heterocycles. The molecule has 0 saturated carbocycles. The summed E-state index contributed by atoms with van der Waals surface area (Å²) >= 11 is 0. The molecule has 4 nitrogen and oxygen atoms in total. The molecule has 1 unspecified atom stereocenters. The van der Waals surface area contributed by atoms with E-state index in [2.05, 4.69) is 4.98 Å². The molecule has 1 atom stereocenters. The summed E-state index contributed by atoms with van der Waals surface area (Å²) in [5, 5.41) is -0.828. The van der Waals surface area contributed by atoms with Gasteiger partial charge in [0.2, 0.25) is 5.89 Å². The fraction of sp³-hybridized carbons (Fsp3) is 0.188. The molecule has 1 aromatic heterocycles. The van der Waals surface area contributed by atoms with E-state index in [0.29, 0.717) is 16.0 Å². The second kappa shape index (κ2) is 5.00. The smallest absolute Gasteiger partial charge is 0.213 e. The van der Waals surface area contributed by atoms with Crippen LogP contribution in [0, 0.1) is 6.92 Å². The first-order valence-electron chi connectivity index (χ1n) is 6.65. The van der Waals surface area contributed by atoms with Crippen molar-refractivity contribution in [3.05, 3.63) is 60.0 Å². The van der Waals surface area contributed by atoms with Crippen LogP contribution in [0.5, 0.6) is 0 Å². The van der Waals surface area contributed by atoms with Gasteiger partial charge in [0.15, 0.2) is 15.4 Å². The third-order valence-electron chi connectivity index (χ3n) is 3.52. The van der Waals surface area contributed by atoms with Crippen LogP contribution in [0.4, 0.5) is 0 Å². The molecule has 0 amide bonds. The average Bonchev–Trinajstić information content (AvgIpc) is 2.90. The zero-order chi connectivity index (χ0) is 15.0. The Morgan fingerprint density at radius 3 is 2.43 bits per heavy atom. The zero-order valence-electron chi connectivity index (χ0n) is 11.8. The highest BCUT2D eigenvalue weighted by molar-refractivity contribution is 7.91. The molecule has 0 radical (unpaired) electrons. The van der Waals surface area contributed by atoms with Gasteiger partial charge < -0.3 is 4.42 Å². The van der Waals surface area contributed by atoms with Crippen LogP contribution in [-0.2, 0) is 9.84 Å². The van der Waals surface area contributed by atoms with Gasteiger partial charge in [0.1, 0.15) is 10.8 Å². The summed E-state index contributed by atoms with van der Waals surface area (Å²) in [5.74, 6) is 0.222. The van der Waals surface area contributed by atoms with E-state index >= 15 is 0 Å². The van der Waals surface area contributed by atoms with Gasteiger partial charge >= 0.3 is 0 Å². The van der Waals surface area contributed by atoms with Crippen molar-refractivity contribution in [3.63, 3.8) is 0 Å². The van der Waals surface area contributed by atoms with E-state index in [1.807, 2.05) is 18.2 Å². The normalized spacial score (nSPS) is 13.4. The third-order valence-corrected chi connectivity index (χ3v) is 5.73. The van der Waals surface area contributed by atoms with Crippen LogP contribution in [0.2, 0.25) is 0 Å². The van der Waals surface area contributed by atoms with E-state index in [9.17, 15) is 8.42 Å². The Bertz CT molecular complexity index is 864. The largest absolute Gasteiger partial charge is 0.439 e. The van der Waals surface area contributed by atoms with Crippen LogP contribution in [0.1, 0.15) is 23.6 Å². The van der Waals surface area contributed by atoms with Crippen molar-refractivity contribution in [2.75, 3.05) is 0 Å². The fourth-order valence-electron chi connectivity index (χ4n) is 2.26. The summed E-state index contributed by atoms with van der Waals surface area (Å²) < 4.78 is 31.0. The van der Waals surface area contributed by atoms with Crippen molar-refractivity contribution in [2.24, 2.45) is 0 Å². The molecule has 0 saturated heterocycles. The first-order valence-corrected chi connectivity index (χ1v) is 8.20. The molecule has 108 valence electrons. The SMILES string of the molecule is Cc1ccccc1S(=O)(=O)C(C)c1nc2ccccc2o1. The second-order valence-electron chi connectivity index (χ2n) is 4.97. The van der Waals surface area contributed by atoms with Gasteiger partial charge in [-0.3, -0.25) is 0 Å². The summed E-state index contributed by atoms with van der Waals surface area (Å²) in [6.45, 7) is 3.39. The van der Waals surface area contributed by atoms with Gasteiger partial charge in [-0.2, -0.15) is 0 Å². The highest BCUT2D eigenvalue weighted by Gasteiger charge is 2.30. The molecule has 21 heavy (non-hydrogen) atoms. The molecule has 5 heteroatoms. The van der Waals surface area contributed by atoms with Crippen LogP contribution in [0.3, 0.4) is 0 Å².